The fourth-order valence-corrected chi connectivity index (χ4v) is 3.46. The molecule has 0 aliphatic carbocycles. The molecule has 2 aliphatic heterocycles. The van der Waals surface area contributed by atoms with Gasteiger partial charge in [-0.3, -0.25) is 0 Å². The fourth-order valence-electron chi connectivity index (χ4n) is 2.33. The van der Waals surface area contributed by atoms with Gasteiger partial charge in [0.2, 0.25) is 0 Å². The molecule has 6 heteroatoms. The largest absolute Gasteiger partial charge is 0.391 e. The van der Waals surface area contributed by atoms with E-state index in [4.69, 9.17) is 21.4 Å². The smallest absolute Gasteiger partial charge is 0.187 e. The standard InChI is InChI=1S/C10H13ClN2O2S/c11-9-8(5-14)16-10(12-9)13-3-6-1-2-7(4-13)15-6/h6-7,14H,1-5H2. The van der Waals surface area contributed by atoms with Gasteiger partial charge in [-0.25, -0.2) is 4.98 Å². The number of nitrogens with zero attached hydrogens (tertiary/aromatic N) is 2. The highest BCUT2D eigenvalue weighted by Crippen LogP contribution is 2.34. The van der Waals surface area contributed by atoms with Crippen LogP contribution >= 0.6 is 22.9 Å². The van der Waals surface area contributed by atoms with E-state index in [1.54, 1.807) is 0 Å². The molecule has 2 atom stereocenters. The van der Waals surface area contributed by atoms with Crippen LogP contribution in [0.15, 0.2) is 0 Å². The predicted octanol–water partition coefficient (Wildman–Crippen LogP) is 1.66. The highest BCUT2D eigenvalue weighted by atomic mass is 35.5. The molecule has 3 rings (SSSR count). The van der Waals surface area contributed by atoms with Crippen molar-refractivity contribution < 1.29 is 9.84 Å². The summed E-state index contributed by atoms with van der Waals surface area (Å²) in [6, 6.07) is 0. The zero-order chi connectivity index (χ0) is 11.1. The maximum absolute atomic E-state index is 9.09. The van der Waals surface area contributed by atoms with Gasteiger partial charge in [0, 0.05) is 13.1 Å². The van der Waals surface area contributed by atoms with Crippen LogP contribution in [0.3, 0.4) is 0 Å². The summed E-state index contributed by atoms with van der Waals surface area (Å²) in [6.45, 7) is 1.75. The highest BCUT2D eigenvalue weighted by Gasteiger charge is 2.34. The molecule has 3 heterocycles. The zero-order valence-corrected chi connectivity index (χ0v) is 10.3. The van der Waals surface area contributed by atoms with E-state index >= 15 is 0 Å². The van der Waals surface area contributed by atoms with Gasteiger partial charge in [-0.05, 0) is 12.8 Å². The molecular formula is C10H13ClN2O2S. The van der Waals surface area contributed by atoms with Crippen LogP contribution in [-0.4, -0.2) is 35.4 Å². The van der Waals surface area contributed by atoms with E-state index in [-0.39, 0.29) is 6.61 Å². The van der Waals surface area contributed by atoms with E-state index in [1.165, 1.54) is 11.3 Å². The normalized spacial score (nSPS) is 28.8. The second-order valence-electron chi connectivity index (χ2n) is 4.23. The van der Waals surface area contributed by atoms with Gasteiger partial charge < -0.3 is 14.7 Å². The first-order valence-electron chi connectivity index (χ1n) is 5.42. The first kappa shape index (κ1) is 10.8. The summed E-state index contributed by atoms with van der Waals surface area (Å²) in [7, 11) is 0. The number of ether oxygens (including phenoxy) is 1. The van der Waals surface area contributed by atoms with Crippen molar-refractivity contribution in [1.29, 1.82) is 0 Å². The summed E-state index contributed by atoms with van der Waals surface area (Å²) in [5.41, 5.74) is 0. The van der Waals surface area contributed by atoms with Gasteiger partial charge in [-0.1, -0.05) is 22.9 Å². The van der Waals surface area contributed by atoms with Crippen LogP contribution in [0.2, 0.25) is 5.15 Å². The molecule has 88 valence electrons. The van der Waals surface area contributed by atoms with Crippen LogP contribution in [0.5, 0.6) is 0 Å². The van der Waals surface area contributed by atoms with Gasteiger partial charge >= 0.3 is 0 Å². The molecule has 16 heavy (non-hydrogen) atoms. The number of aliphatic hydroxyl groups excluding tert-OH is 1. The Balaban J connectivity index is 1.81. The Morgan fingerprint density at radius 3 is 2.69 bits per heavy atom. The Hall–Kier alpha value is -0.360. The van der Waals surface area contributed by atoms with E-state index < -0.39 is 0 Å². The monoisotopic (exact) mass is 260 g/mol. The number of thiazole rings is 1. The van der Waals surface area contributed by atoms with Gasteiger partial charge in [-0.2, -0.15) is 0 Å². The Bertz CT molecular complexity index is 386. The lowest BCUT2D eigenvalue weighted by molar-refractivity contribution is 0.0305. The molecule has 1 N–H and O–H groups in total. The van der Waals surface area contributed by atoms with Crippen LogP contribution in [-0.2, 0) is 11.3 Å². The lowest BCUT2D eigenvalue weighted by Gasteiger charge is -2.31. The molecule has 0 aromatic carbocycles. The molecule has 2 unspecified atom stereocenters. The van der Waals surface area contributed by atoms with Crippen LogP contribution in [0.1, 0.15) is 17.7 Å². The Kier molecular flexibility index (Phi) is 2.79. The Morgan fingerprint density at radius 1 is 1.44 bits per heavy atom. The second-order valence-corrected chi connectivity index (χ2v) is 5.65. The SMILES string of the molecule is OCc1sc(N2CC3CCC(C2)O3)nc1Cl. The molecule has 2 bridgehead atoms. The third kappa shape index (κ3) is 1.82. The number of fused-ring (bicyclic) bond motifs is 2. The number of aliphatic hydroxyl groups is 1. The first-order chi connectivity index (χ1) is 7.76. The van der Waals surface area contributed by atoms with E-state index in [0.717, 1.165) is 35.9 Å². The summed E-state index contributed by atoms with van der Waals surface area (Å²) in [5, 5.41) is 10.4. The summed E-state index contributed by atoms with van der Waals surface area (Å²) in [6.07, 6.45) is 2.98. The zero-order valence-electron chi connectivity index (χ0n) is 8.73. The molecule has 1 aromatic rings. The number of aromatic nitrogens is 1. The molecule has 0 saturated carbocycles. The van der Waals surface area contributed by atoms with Crippen molar-refractivity contribution in [2.24, 2.45) is 0 Å². The van der Waals surface area contributed by atoms with Crippen molar-refractivity contribution in [3.05, 3.63) is 10.0 Å². The van der Waals surface area contributed by atoms with Gasteiger partial charge in [0.05, 0.1) is 23.7 Å². The topological polar surface area (TPSA) is 45.6 Å². The van der Waals surface area contributed by atoms with Crippen molar-refractivity contribution in [1.82, 2.24) is 4.98 Å². The van der Waals surface area contributed by atoms with E-state index in [9.17, 15) is 0 Å². The van der Waals surface area contributed by atoms with Gasteiger partial charge in [-0.15, -0.1) is 0 Å². The molecule has 2 fully saturated rings. The quantitative estimate of drug-likeness (QED) is 0.879. The van der Waals surface area contributed by atoms with Crippen LogP contribution in [0.4, 0.5) is 5.13 Å². The number of hydrogen-bond donors (Lipinski definition) is 1. The number of hydrogen-bond acceptors (Lipinski definition) is 5. The Morgan fingerprint density at radius 2 is 2.12 bits per heavy atom. The van der Waals surface area contributed by atoms with E-state index in [1.807, 2.05) is 0 Å². The van der Waals surface area contributed by atoms with Crippen LogP contribution in [0, 0.1) is 0 Å². The number of morpholine rings is 1. The first-order valence-corrected chi connectivity index (χ1v) is 6.62. The number of halogens is 1. The average molecular weight is 261 g/mol. The van der Waals surface area contributed by atoms with Crippen molar-refractivity contribution >= 4 is 28.1 Å². The molecule has 2 saturated heterocycles. The fraction of sp³-hybridized carbons (Fsp3) is 0.700. The number of rotatable bonds is 2. The number of anilines is 1. The second kappa shape index (κ2) is 4.14. The lowest BCUT2D eigenvalue weighted by atomic mass is 10.2. The summed E-state index contributed by atoms with van der Waals surface area (Å²) in [4.78, 5) is 7.27. The molecule has 4 nitrogen and oxygen atoms in total. The summed E-state index contributed by atoms with van der Waals surface area (Å²) >= 11 is 7.41. The van der Waals surface area contributed by atoms with Crippen molar-refractivity contribution in [3.63, 3.8) is 0 Å². The minimum Gasteiger partial charge on any atom is -0.391 e. The van der Waals surface area contributed by atoms with Crippen molar-refractivity contribution in [2.75, 3.05) is 18.0 Å². The molecular weight excluding hydrogens is 248 g/mol. The average Bonchev–Trinajstić information content (AvgIpc) is 2.82. The minimum atomic E-state index is -0.0340. The summed E-state index contributed by atoms with van der Waals surface area (Å²) in [5.74, 6) is 0. The highest BCUT2D eigenvalue weighted by molar-refractivity contribution is 7.16. The van der Waals surface area contributed by atoms with E-state index in [0.29, 0.717) is 17.4 Å². The predicted molar refractivity (Wildman–Crippen MR) is 63.2 cm³/mol. The Labute approximate surface area is 103 Å². The van der Waals surface area contributed by atoms with Gasteiger partial charge in [0.15, 0.2) is 5.13 Å². The molecule has 0 amide bonds. The summed E-state index contributed by atoms with van der Waals surface area (Å²) < 4.78 is 5.77. The van der Waals surface area contributed by atoms with Gasteiger partial charge in [0.1, 0.15) is 5.15 Å². The lowest BCUT2D eigenvalue weighted by Crippen LogP contribution is -2.42. The molecule has 0 spiro atoms. The third-order valence-electron chi connectivity index (χ3n) is 3.10. The van der Waals surface area contributed by atoms with Gasteiger partial charge in [0.25, 0.3) is 0 Å². The molecule has 0 radical (unpaired) electrons. The van der Waals surface area contributed by atoms with Crippen molar-refractivity contribution in [2.45, 2.75) is 31.7 Å². The molecule has 2 aliphatic rings. The van der Waals surface area contributed by atoms with Crippen LogP contribution < -0.4 is 4.90 Å². The third-order valence-corrected chi connectivity index (χ3v) is 4.62. The minimum absolute atomic E-state index is 0.0340. The van der Waals surface area contributed by atoms with Crippen molar-refractivity contribution in [3.8, 4) is 0 Å². The van der Waals surface area contributed by atoms with Crippen LogP contribution in [0.25, 0.3) is 0 Å². The van der Waals surface area contributed by atoms with E-state index in [2.05, 4.69) is 9.88 Å². The molecule has 1 aromatic heterocycles. The maximum atomic E-state index is 9.09. The maximum Gasteiger partial charge on any atom is 0.187 e.